The number of rotatable bonds is 0. The van der Waals surface area contributed by atoms with Crippen LogP contribution in [0.1, 0.15) is 33.6 Å². The summed E-state index contributed by atoms with van der Waals surface area (Å²) in [6, 6.07) is 0. The first kappa shape index (κ1) is 14.0. The molecule has 0 unspecified atom stereocenters. The lowest BCUT2D eigenvalue weighted by atomic mass is 9.88. The van der Waals surface area contributed by atoms with Crippen molar-refractivity contribution in [1.82, 2.24) is 10.2 Å². The number of piperidine rings is 1. The summed E-state index contributed by atoms with van der Waals surface area (Å²) in [5.74, 6) is 2.07. The van der Waals surface area contributed by atoms with Crippen molar-refractivity contribution < 1.29 is 9.53 Å². The highest BCUT2D eigenvalue weighted by Gasteiger charge is 2.44. The second kappa shape index (κ2) is 5.29. The highest BCUT2D eigenvalue weighted by Crippen LogP contribution is 2.35. The number of hydrogen-bond acceptors (Lipinski definition) is 4. The molecule has 1 N–H and O–H groups in total. The number of hydrogen-bond donors (Lipinski definition) is 1. The molecule has 0 radical (unpaired) electrons. The fraction of sp³-hybridized carbons (Fsp3) is 0.923. The van der Waals surface area contributed by atoms with Crippen LogP contribution in [0.3, 0.4) is 0 Å². The Morgan fingerprint density at radius 1 is 1.33 bits per heavy atom. The van der Waals surface area contributed by atoms with E-state index in [1.807, 2.05) is 37.4 Å². The molecule has 2 aliphatic heterocycles. The Morgan fingerprint density at radius 2 is 2.00 bits per heavy atom. The van der Waals surface area contributed by atoms with Crippen LogP contribution in [0.4, 0.5) is 4.79 Å². The first-order chi connectivity index (χ1) is 8.43. The van der Waals surface area contributed by atoms with Crippen LogP contribution in [0, 0.1) is 0 Å². The minimum atomic E-state index is -0.407. The first-order valence-electron chi connectivity index (χ1n) is 6.72. The Kier molecular flexibility index (Phi) is 4.11. The van der Waals surface area contributed by atoms with Gasteiger partial charge >= 0.3 is 6.09 Å². The van der Waals surface area contributed by atoms with Gasteiger partial charge in [-0.25, -0.2) is 4.79 Å². The molecular weight excluding hydrogens is 248 g/mol. The van der Waals surface area contributed by atoms with Gasteiger partial charge in [0.05, 0.1) is 5.54 Å². The molecule has 2 rings (SSSR count). The molecule has 0 aromatic heterocycles. The monoisotopic (exact) mass is 272 g/mol. The van der Waals surface area contributed by atoms with Gasteiger partial charge in [-0.15, -0.1) is 0 Å². The van der Waals surface area contributed by atoms with Gasteiger partial charge in [-0.1, -0.05) is 0 Å². The zero-order chi connectivity index (χ0) is 13.2. The largest absolute Gasteiger partial charge is 0.444 e. The van der Waals surface area contributed by atoms with Gasteiger partial charge in [-0.3, -0.25) is 0 Å². The normalized spacial score (nSPS) is 24.1. The van der Waals surface area contributed by atoms with E-state index in [9.17, 15) is 4.79 Å². The predicted molar refractivity (Wildman–Crippen MR) is 75.1 cm³/mol. The molecule has 0 aromatic rings. The maximum absolute atomic E-state index is 12.4. The number of carbonyl (C=O) groups is 1. The summed E-state index contributed by atoms with van der Waals surface area (Å²) >= 11 is 1.96. The quantitative estimate of drug-likeness (QED) is 0.733. The highest BCUT2D eigenvalue weighted by atomic mass is 32.2. The van der Waals surface area contributed by atoms with E-state index in [0.717, 1.165) is 44.0 Å². The molecule has 5 heteroatoms. The summed E-state index contributed by atoms with van der Waals surface area (Å²) in [4.78, 5) is 14.4. The number of carbonyl (C=O) groups excluding carboxylic acids is 1. The van der Waals surface area contributed by atoms with E-state index in [4.69, 9.17) is 4.74 Å². The van der Waals surface area contributed by atoms with E-state index < -0.39 is 5.60 Å². The lowest BCUT2D eigenvalue weighted by molar-refractivity contribution is -0.00501. The third-order valence-electron chi connectivity index (χ3n) is 3.55. The topological polar surface area (TPSA) is 41.6 Å². The van der Waals surface area contributed by atoms with Gasteiger partial charge in [-0.2, -0.15) is 11.8 Å². The second-order valence-corrected chi connectivity index (χ2v) is 7.26. The van der Waals surface area contributed by atoms with E-state index >= 15 is 0 Å². The van der Waals surface area contributed by atoms with Crippen LogP contribution in [0.15, 0.2) is 0 Å². The van der Waals surface area contributed by atoms with Crippen LogP contribution in [0.5, 0.6) is 0 Å². The summed E-state index contributed by atoms with van der Waals surface area (Å²) in [6.45, 7) is 8.61. The van der Waals surface area contributed by atoms with Gasteiger partial charge in [0, 0.05) is 18.1 Å². The zero-order valence-electron chi connectivity index (χ0n) is 11.6. The molecule has 4 nitrogen and oxygen atoms in total. The Labute approximate surface area is 114 Å². The molecule has 2 fully saturated rings. The van der Waals surface area contributed by atoms with Gasteiger partial charge in [0.15, 0.2) is 0 Å². The highest BCUT2D eigenvalue weighted by molar-refractivity contribution is 7.99. The Bertz CT molecular complexity index is 300. The predicted octanol–water partition coefficient (Wildman–Crippen LogP) is 2.09. The van der Waals surface area contributed by atoms with Gasteiger partial charge in [-0.05, 0) is 46.7 Å². The second-order valence-electron chi connectivity index (χ2n) is 6.16. The van der Waals surface area contributed by atoms with Crippen LogP contribution in [0.2, 0.25) is 0 Å². The maximum atomic E-state index is 12.4. The average Bonchev–Trinajstić information content (AvgIpc) is 2.28. The van der Waals surface area contributed by atoms with Gasteiger partial charge in [0.2, 0.25) is 0 Å². The van der Waals surface area contributed by atoms with Crippen LogP contribution in [-0.4, -0.2) is 53.3 Å². The van der Waals surface area contributed by atoms with E-state index in [1.54, 1.807) is 0 Å². The van der Waals surface area contributed by atoms with E-state index in [0.29, 0.717) is 0 Å². The van der Waals surface area contributed by atoms with Crippen LogP contribution in [-0.2, 0) is 4.74 Å². The summed E-state index contributed by atoms with van der Waals surface area (Å²) in [6.07, 6.45) is 1.95. The van der Waals surface area contributed by atoms with E-state index in [2.05, 4.69) is 5.32 Å². The van der Waals surface area contributed by atoms with E-state index in [-0.39, 0.29) is 11.6 Å². The molecule has 2 heterocycles. The smallest absolute Gasteiger partial charge is 0.410 e. The number of amides is 1. The van der Waals surface area contributed by atoms with Crippen molar-refractivity contribution in [3.8, 4) is 0 Å². The Balaban J connectivity index is 2.10. The molecule has 0 aliphatic carbocycles. The minimum Gasteiger partial charge on any atom is -0.444 e. The Hall–Kier alpha value is -0.420. The lowest BCUT2D eigenvalue weighted by Gasteiger charge is -2.49. The molecule has 0 bridgehead atoms. The third kappa shape index (κ3) is 3.12. The summed E-state index contributed by atoms with van der Waals surface area (Å²) in [5.41, 5.74) is -0.383. The van der Waals surface area contributed by atoms with Crippen molar-refractivity contribution in [2.24, 2.45) is 0 Å². The van der Waals surface area contributed by atoms with E-state index in [1.165, 1.54) is 0 Å². The Morgan fingerprint density at radius 3 is 2.61 bits per heavy atom. The molecule has 0 saturated carbocycles. The number of thioether (sulfide) groups is 1. The standard InChI is InChI=1S/C13H24N2O2S/c1-12(2,3)17-11(16)15-8-9-18-10-13(15)4-6-14-7-5-13/h14H,4-10H2,1-3H3. The van der Waals surface area contributed by atoms with Crippen molar-refractivity contribution in [3.63, 3.8) is 0 Å². The summed E-state index contributed by atoms with van der Waals surface area (Å²) in [5, 5.41) is 3.38. The van der Waals surface area contributed by atoms with Gasteiger partial charge in [0.25, 0.3) is 0 Å². The molecule has 0 atom stereocenters. The number of ether oxygens (including phenoxy) is 1. The molecule has 2 aliphatic rings. The molecule has 0 aromatic carbocycles. The zero-order valence-corrected chi connectivity index (χ0v) is 12.4. The summed E-state index contributed by atoms with van der Waals surface area (Å²) < 4.78 is 5.56. The van der Waals surface area contributed by atoms with Crippen molar-refractivity contribution in [2.75, 3.05) is 31.1 Å². The fourth-order valence-corrected chi connectivity index (χ4v) is 3.92. The van der Waals surface area contributed by atoms with Crippen LogP contribution >= 0.6 is 11.8 Å². The number of nitrogens with one attached hydrogen (secondary N) is 1. The van der Waals surface area contributed by atoms with Crippen molar-refractivity contribution in [3.05, 3.63) is 0 Å². The fourth-order valence-electron chi connectivity index (χ4n) is 2.64. The molecule has 18 heavy (non-hydrogen) atoms. The summed E-state index contributed by atoms with van der Waals surface area (Å²) in [7, 11) is 0. The number of nitrogens with zero attached hydrogens (tertiary/aromatic N) is 1. The molecule has 2 saturated heterocycles. The maximum Gasteiger partial charge on any atom is 0.410 e. The van der Waals surface area contributed by atoms with Crippen molar-refractivity contribution in [1.29, 1.82) is 0 Å². The van der Waals surface area contributed by atoms with Crippen LogP contribution in [0.25, 0.3) is 0 Å². The SMILES string of the molecule is CC(C)(C)OC(=O)N1CCSCC12CCNCC2. The molecule has 1 spiro atoms. The van der Waals surface area contributed by atoms with Gasteiger partial charge < -0.3 is 15.0 Å². The minimum absolute atomic E-state index is 0.0243. The van der Waals surface area contributed by atoms with Crippen molar-refractivity contribution in [2.45, 2.75) is 44.8 Å². The molecule has 1 amide bonds. The average molecular weight is 272 g/mol. The third-order valence-corrected chi connectivity index (χ3v) is 4.76. The van der Waals surface area contributed by atoms with Crippen LogP contribution < -0.4 is 5.32 Å². The van der Waals surface area contributed by atoms with Crippen molar-refractivity contribution >= 4 is 17.9 Å². The lowest BCUT2D eigenvalue weighted by Crippen LogP contribution is -2.61. The first-order valence-corrected chi connectivity index (χ1v) is 7.88. The molecular formula is C13H24N2O2S. The molecule has 104 valence electrons. The van der Waals surface area contributed by atoms with Gasteiger partial charge in [0.1, 0.15) is 5.60 Å².